The van der Waals surface area contributed by atoms with Gasteiger partial charge in [0.25, 0.3) is 0 Å². The summed E-state index contributed by atoms with van der Waals surface area (Å²) in [6, 6.07) is 4.69. The molecule has 1 atom stereocenters. The molecule has 1 aliphatic rings. The first-order valence-corrected chi connectivity index (χ1v) is 6.72. The molecule has 1 N–H and O–H groups in total. The number of anilines is 1. The van der Waals surface area contributed by atoms with Crippen molar-refractivity contribution in [1.29, 1.82) is 5.26 Å². The number of hydrogen-bond acceptors (Lipinski definition) is 7. The van der Waals surface area contributed by atoms with Gasteiger partial charge < -0.3 is 10.1 Å². The van der Waals surface area contributed by atoms with Crippen LogP contribution in [-0.2, 0) is 4.74 Å². The van der Waals surface area contributed by atoms with E-state index in [9.17, 15) is 10.1 Å². The summed E-state index contributed by atoms with van der Waals surface area (Å²) >= 11 is 0. The Morgan fingerprint density at radius 2 is 2.29 bits per heavy atom. The summed E-state index contributed by atoms with van der Waals surface area (Å²) in [5, 5.41) is 22.8. The molecule has 1 unspecified atom stereocenters. The first kappa shape index (κ1) is 15.2. The molecule has 0 spiro atoms. The highest BCUT2D eigenvalue weighted by molar-refractivity contribution is 5.50. The zero-order chi connectivity index (χ0) is 15.2. The van der Waals surface area contributed by atoms with Crippen molar-refractivity contribution in [3.05, 3.63) is 27.9 Å². The van der Waals surface area contributed by atoms with Crippen molar-refractivity contribution in [3.63, 3.8) is 0 Å². The molecular formula is C13H17N5O3. The lowest BCUT2D eigenvalue weighted by atomic mass is 10.2. The van der Waals surface area contributed by atoms with Crippen LogP contribution in [0.15, 0.2) is 12.1 Å². The van der Waals surface area contributed by atoms with Crippen molar-refractivity contribution < 1.29 is 9.66 Å². The molecule has 1 aliphatic heterocycles. The number of pyridine rings is 1. The molecule has 0 bridgehead atoms. The predicted molar refractivity (Wildman–Crippen MR) is 76.0 cm³/mol. The van der Waals surface area contributed by atoms with Crippen molar-refractivity contribution in [1.82, 2.24) is 9.88 Å². The second kappa shape index (κ2) is 6.97. The molecule has 112 valence electrons. The Morgan fingerprint density at radius 1 is 1.57 bits per heavy atom. The number of rotatable bonds is 5. The number of hydrogen-bond donors (Lipinski definition) is 1. The maximum absolute atomic E-state index is 10.8. The van der Waals surface area contributed by atoms with Gasteiger partial charge >= 0.3 is 5.69 Å². The number of morpholine rings is 1. The number of nitrogens with zero attached hydrogens (tertiary/aromatic N) is 4. The number of nitrogens with one attached hydrogen (secondary N) is 1. The van der Waals surface area contributed by atoms with Crippen molar-refractivity contribution in [3.8, 4) is 6.07 Å². The van der Waals surface area contributed by atoms with Gasteiger partial charge in [0.05, 0.1) is 18.1 Å². The van der Waals surface area contributed by atoms with Gasteiger partial charge in [0.15, 0.2) is 0 Å². The number of nitro groups is 1. The highest BCUT2D eigenvalue weighted by Gasteiger charge is 2.17. The highest BCUT2D eigenvalue weighted by atomic mass is 16.6. The lowest BCUT2D eigenvalue weighted by Gasteiger charge is -2.29. The van der Waals surface area contributed by atoms with Gasteiger partial charge in [-0.2, -0.15) is 5.26 Å². The molecule has 1 fully saturated rings. The Labute approximate surface area is 122 Å². The Hall–Kier alpha value is -2.24. The standard InChI is InChI=1S/C13H17N5O3/c1-10(9-17-4-6-21-7-5-17)15-13-3-2-12(18(19)20)11(8-14)16-13/h2-3,10H,4-7,9H2,1H3,(H,15,16). The molecule has 2 heterocycles. The molecule has 0 radical (unpaired) electrons. The minimum atomic E-state index is -0.605. The van der Waals surface area contributed by atoms with Crippen molar-refractivity contribution in [2.24, 2.45) is 0 Å². The molecule has 2 rings (SSSR count). The SMILES string of the molecule is CC(CN1CCOCC1)Nc1ccc([N+](=O)[O-])c(C#N)n1. The van der Waals surface area contributed by atoms with E-state index in [1.54, 1.807) is 6.07 Å². The van der Waals surface area contributed by atoms with Crippen LogP contribution in [0.4, 0.5) is 11.5 Å². The van der Waals surface area contributed by atoms with Crippen LogP contribution in [0.3, 0.4) is 0 Å². The van der Waals surface area contributed by atoms with E-state index in [0.29, 0.717) is 5.82 Å². The van der Waals surface area contributed by atoms with Gasteiger partial charge in [-0.15, -0.1) is 0 Å². The zero-order valence-electron chi connectivity index (χ0n) is 11.8. The number of aromatic nitrogens is 1. The fourth-order valence-corrected chi connectivity index (χ4v) is 2.23. The van der Waals surface area contributed by atoms with E-state index in [2.05, 4.69) is 15.2 Å². The quantitative estimate of drug-likeness (QED) is 0.637. The van der Waals surface area contributed by atoms with E-state index in [-0.39, 0.29) is 17.4 Å². The normalized spacial score (nSPS) is 17.0. The Kier molecular flexibility index (Phi) is 5.03. The van der Waals surface area contributed by atoms with E-state index in [1.165, 1.54) is 12.1 Å². The predicted octanol–water partition coefficient (Wildman–Crippen LogP) is 0.994. The molecule has 21 heavy (non-hydrogen) atoms. The molecule has 1 aromatic rings. The maximum atomic E-state index is 10.8. The third kappa shape index (κ3) is 4.11. The van der Waals surface area contributed by atoms with Crippen LogP contribution in [0, 0.1) is 21.4 Å². The number of nitriles is 1. The van der Waals surface area contributed by atoms with Crippen LogP contribution in [0.25, 0.3) is 0 Å². The first-order chi connectivity index (χ1) is 10.1. The molecule has 0 aromatic carbocycles. The largest absolute Gasteiger partial charge is 0.379 e. The van der Waals surface area contributed by atoms with Crippen LogP contribution in [0.5, 0.6) is 0 Å². The molecular weight excluding hydrogens is 274 g/mol. The van der Waals surface area contributed by atoms with E-state index >= 15 is 0 Å². The summed E-state index contributed by atoms with van der Waals surface area (Å²) in [6.45, 7) is 6.09. The zero-order valence-corrected chi connectivity index (χ0v) is 11.8. The van der Waals surface area contributed by atoms with Gasteiger partial charge in [-0.3, -0.25) is 15.0 Å². The molecule has 1 aromatic heterocycles. The van der Waals surface area contributed by atoms with Gasteiger partial charge in [0.1, 0.15) is 11.9 Å². The summed E-state index contributed by atoms with van der Waals surface area (Å²) in [4.78, 5) is 16.4. The third-order valence-corrected chi connectivity index (χ3v) is 3.21. The van der Waals surface area contributed by atoms with Crippen molar-refractivity contribution in [2.75, 3.05) is 38.2 Å². The summed E-state index contributed by atoms with van der Waals surface area (Å²) < 4.78 is 5.29. The van der Waals surface area contributed by atoms with Crippen molar-refractivity contribution >= 4 is 11.5 Å². The monoisotopic (exact) mass is 291 g/mol. The Balaban J connectivity index is 1.98. The number of ether oxygens (including phenoxy) is 1. The fraction of sp³-hybridized carbons (Fsp3) is 0.538. The summed E-state index contributed by atoms with van der Waals surface area (Å²) in [5.41, 5.74) is -0.451. The average Bonchev–Trinajstić information content (AvgIpc) is 2.47. The van der Waals surface area contributed by atoms with E-state index in [4.69, 9.17) is 10.00 Å². The van der Waals surface area contributed by atoms with Gasteiger partial charge in [0.2, 0.25) is 5.69 Å². The van der Waals surface area contributed by atoms with Gasteiger partial charge in [0, 0.05) is 31.7 Å². The third-order valence-electron chi connectivity index (χ3n) is 3.21. The molecule has 8 nitrogen and oxygen atoms in total. The minimum Gasteiger partial charge on any atom is -0.379 e. The Bertz CT molecular complexity index is 551. The van der Waals surface area contributed by atoms with Crippen LogP contribution in [0.1, 0.15) is 12.6 Å². The maximum Gasteiger partial charge on any atom is 0.305 e. The van der Waals surface area contributed by atoms with Crippen LogP contribution < -0.4 is 5.32 Å². The smallest absolute Gasteiger partial charge is 0.305 e. The van der Waals surface area contributed by atoms with E-state index in [1.807, 2.05) is 6.92 Å². The summed E-state index contributed by atoms with van der Waals surface area (Å²) in [7, 11) is 0. The van der Waals surface area contributed by atoms with Gasteiger partial charge in [-0.25, -0.2) is 4.98 Å². The highest BCUT2D eigenvalue weighted by Crippen LogP contribution is 2.18. The van der Waals surface area contributed by atoms with Gasteiger partial charge in [-0.05, 0) is 13.0 Å². The molecule has 0 saturated carbocycles. The molecule has 8 heteroatoms. The first-order valence-electron chi connectivity index (χ1n) is 6.72. The minimum absolute atomic E-state index is 0.114. The molecule has 0 amide bonds. The van der Waals surface area contributed by atoms with Crippen LogP contribution in [-0.4, -0.2) is 53.7 Å². The van der Waals surface area contributed by atoms with Crippen LogP contribution in [0.2, 0.25) is 0 Å². The van der Waals surface area contributed by atoms with E-state index < -0.39 is 4.92 Å². The lowest BCUT2D eigenvalue weighted by molar-refractivity contribution is -0.385. The lowest BCUT2D eigenvalue weighted by Crippen LogP contribution is -2.42. The molecule has 0 aliphatic carbocycles. The van der Waals surface area contributed by atoms with Crippen LogP contribution >= 0.6 is 0 Å². The topological polar surface area (TPSA) is 104 Å². The Morgan fingerprint density at radius 3 is 2.90 bits per heavy atom. The van der Waals surface area contributed by atoms with Crippen molar-refractivity contribution in [2.45, 2.75) is 13.0 Å². The summed E-state index contributed by atoms with van der Waals surface area (Å²) in [5.74, 6) is 0.470. The molecule has 1 saturated heterocycles. The second-order valence-corrected chi connectivity index (χ2v) is 4.89. The van der Waals surface area contributed by atoms with E-state index in [0.717, 1.165) is 32.8 Å². The average molecular weight is 291 g/mol. The summed E-state index contributed by atoms with van der Waals surface area (Å²) in [6.07, 6.45) is 0. The second-order valence-electron chi connectivity index (χ2n) is 4.89. The fourth-order valence-electron chi connectivity index (χ4n) is 2.23. The van der Waals surface area contributed by atoms with Gasteiger partial charge in [-0.1, -0.05) is 0 Å².